The Morgan fingerprint density at radius 2 is 1.63 bits per heavy atom. The minimum atomic E-state index is -5.13. The molecule has 262 valence electrons. The van der Waals surface area contributed by atoms with Crippen molar-refractivity contribution in [3.05, 3.63) is 86.7 Å². The van der Waals surface area contributed by atoms with Gasteiger partial charge < -0.3 is 10.1 Å². The molecule has 2 N–H and O–H groups in total. The number of carbonyl (C=O) groups excluding carboxylic acids is 1. The molecule has 5 rings (SSSR count). The topological polar surface area (TPSA) is 126 Å². The molecule has 0 saturated heterocycles. The zero-order chi connectivity index (χ0) is 35.9. The Balaban J connectivity index is 1.61. The van der Waals surface area contributed by atoms with Crippen LogP contribution >= 0.6 is 0 Å². The number of rotatable bonds is 7. The van der Waals surface area contributed by atoms with Crippen molar-refractivity contribution in [2.75, 3.05) is 16.8 Å². The molecule has 0 unspecified atom stereocenters. The van der Waals surface area contributed by atoms with E-state index in [2.05, 4.69) is 29.9 Å². The summed E-state index contributed by atoms with van der Waals surface area (Å²) >= 11 is 0. The van der Waals surface area contributed by atoms with E-state index in [0.29, 0.717) is 18.6 Å². The lowest BCUT2D eigenvalue weighted by atomic mass is 9.89. The van der Waals surface area contributed by atoms with Gasteiger partial charge in [-0.15, -0.1) is 0 Å². The second kappa shape index (κ2) is 13.1. The van der Waals surface area contributed by atoms with Gasteiger partial charge in [0.15, 0.2) is 5.82 Å². The lowest BCUT2D eigenvalue weighted by Gasteiger charge is -2.40. The molecule has 0 fully saturated rings. The zero-order valence-electron chi connectivity index (χ0n) is 25.3. The van der Waals surface area contributed by atoms with Crippen molar-refractivity contribution in [1.29, 1.82) is 0 Å². The molecule has 4 aromatic rings. The van der Waals surface area contributed by atoms with Crippen LogP contribution in [-0.2, 0) is 29.7 Å². The normalized spacial score (nSPS) is 16.8. The van der Waals surface area contributed by atoms with Crippen molar-refractivity contribution in [2.24, 2.45) is 0 Å². The molecule has 1 aliphatic rings. The van der Waals surface area contributed by atoms with Crippen LogP contribution in [0.2, 0.25) is 0 Å². The number of hydrogen-bond acceptors (Lipinski definition) is 8. The van der Waals surface area contributed by atoms with E-state index in [4.69, 9.17) is 4.74 Å². The number of benzene rings is 2. The Morgan fingerprint density at radius 3 is 2.18 bits per heavy atom. The molecule has 0 aliphatic carbocycles. The first-order chi connectivity index (χ1) is 22.9. The van der Waals surface area contributed by atoms with Crippen LogP contribution in [0.5, 0.6) is 0 Å². The Morgan fingerprint density at radius 1 is 0.980 bits per heavy atom. The first-order valence-electron chi connectivity index (χ1n) is 14.5. The average molecular weight is 705 g/mol. The van der Waals surface area contributed by atoms with Crippen molar-refractivity contribution >= 4 is 17.7 Å². The minimum Gasteiger partial charge on any atom is -0.449 e. The van der Waals surface area contributed by atoms with Crippen LogP contribution in [0.3, 0.4) is 0 Å². The van der Waals surface area contributed by atoms with Gasteiger partial charge in [0.05, 0.1) is 46.3 Å². The highest BCUT2D eigenvalue weighted by atomic mass is 19.4. The highest BCUT2D eigenvalue weighted by Gasteiger charge is 2.40. The summed E-state index contributed by atoms with van der Waals surface area (Å²) in [6.45, 7) is 3.31. The third-order valence-corrected chi connectivity index (χ3v) is 7.68. The standard InChI is InChI=1S/C30H25F9N6O4/c1-3-18-12-22(19-11-15(28(31,32)33)5-6-23(19)45(18)27(47)48-4-2)42-25-40-13-20(24-43-26(46)49-44-24)21(41-25)9-14-7-16(29(34,35)36)10-17(8-14)30(37,38)39/h5-8,10-11,13,18,22H,3-4,9,12H2,1-2H3,(H,40,41,42)(H,43,44,46)/t18-,22+/m1/s1. The predicted octanol–water partition coefficient (Wildman–Crippen LogP) is 7.77. The van der Waals surface area contributed by atoms with Gasteiger partial charge in [-0.3, -0.25) is 14.4 Å². The van der Waals surface area contributed by atoms with Crippen molar-refractivity contribution in [1.82, 2.24) is 20.1 Å². The number of halogens is 9. The fraction of sp³-hybridized carbons (Fsp3) is 0.367. The number of amides is 1. The molecule has 1 amide bonds. The van der Waals surface area contributed by atoms with E-state index in [9.17, 15) is 49.1 Å². The lowest BCUT2D eigenvalue weighted by molar-refractivity contribution is -0.143. The monoisotopic (exact) mass is 704 g/mol. The van der Waals surface area contributed by atoms with Crippen LogP contribution in [0.25, 0.3) is 11.4 Å². The van der Waals surface area contributed by atoms with Crippen LogP contribution in [0, 0.1) is 0 Å². The zero-order valence-corrected chi connectivity index (χ0v) is 25.3. The minimum absolute atomic E-state index is 0.000488. The van der Waals surface area contributed by atoms with E-state index in [1.165, 1.54) is 4.90 Å². The molecule has 10 nitrogen and oxygen atoms in total. The van der Waals surface area contributed by atoms with Gasteiger partial charge in [-0.25, -0.2) is 19.6 Å². The number of aromatic amines is 1. The van der Waals surface area contributed by atoms with Crippen LogP contribution in [0.1, 0.15) is 66.2 Å². The molecule has 0 bridgehead atoms. The first-order valence-corrected chi connectivity index (χ1v) is 14.5. The molecule has 2 aromatic heterocycles. The Kier molecular flexibility index (Phi) is 9.40. The van der Waals surface area contributed by atoms with Gasteiger partial charge in [0, 0.05) is 18.7 Å². The number of aromatic nitrogens is 4. The highest BCUT2D eigenvalue weighted by Crippen LogP contribution is 2.43. The molecule has 3 heterocycles. The quantitative estimate of drug-likeness (QED) is 0.187. The number of hydrogen-bond donors (Lipinski definition) is 2. The number of anilines is 2. The summed E-state index contributed by atoms with van der Waals surface area (Å²) < 4.78 is 132. The van der Waals surface area contributed by atoms with Gasteiger partial charge >= 0.3 is 30.4 Å². The SMILES string of the molecule is CCOC(=O)N1c2ccc(C(F)(F)F)cc2[C@@H](Nc2ncc(-c3noc(=O)[nH]3)c(Cc3cc(C(F)(F)F)cc(C(F)(F)F)c3)n2)C[C@H]1CC. The number of H-pyrrole nitrogens is 1. The second-order valence-corrected chi connectivity index (χ2v) is 10.9. The average Bonchev–Trinajstić information content (AvgIpc) is 3.45. The number of fused-ring (bicyclic) bond motifs is 1. The maximum absolute atomic E-state index is 13.8. The highest BCUT2D eigenvalue weighted by molar-refractivity contribution is 5.90. The van der Waals surface area contributed by atoms with Gasteiger partial charge in [0.2, 0.25) is 5.95 Å². The Hall–Kier alpha value is -5.10. The van der Waals surface area contributed by atoms with Gasteiger partial charge in [0.1, 0.15) is 0 Å². The molecule has 2 atom stereocenters. The molecule has 19 heteroatoms. The van der Waals surface area contributed by atoms with Crippen LogP contribution < -0.4 is 16.0 Å². The van der Waals surface area contributed by atoms with Gasteiger partial charge in [-0.2, -0.15) is 39.5 Å². The Labute approximate surface area is 270 Å². The Bertz CT molecular complexity index is 1870. The number of nitrogens with zero attached hydrogens (tertiary/aromatic N) is 4. The van der Waals surface area contributed by atoms with E-state index in [-0.39, 0.29) is 53.4 Å². The number of ether oxygens (including phenoxy) is 1. The fourth-order valence-corrected chi connectivity index (χ4v) is 5.49. The van der Waals surface area contributed by atoms with E-state index in [0.717, 1.165) is 24.4 Å². The number of alkyl halides is 9. The second-order valence-electron chi connectivity index (χ2n) is 10.9. The van der Waals surface area contributed by atoms with E-state index >= 15 is 0 Å². The summed E-state index contributed by atoms with van der Waals surface area (Å²) in [4.78, 5) is 36.5. The predicted molar refractivity (Wildman–Crippen MR) is 153 cm³/mol. The first kappa shape index (κ1) is 35.2. The van der Waals surface area contributed by atoms with Crippen molar-refractivity contribution in [3.63, 3.8) is 0 Å². The summed E-state index contributed by atoms with van der Waals surface area (Å²) in [7, 11) is 0. The number of carbonyl (C=O) groups is 1. The van der Waals surface area contributed by atoms with Crippen molar-refractivity contribution < 1.29 is 53.6 Å². The van der Waals surface area contributed by atoms with Crippen LogP contribution in [0.15, 0.2) is 51.9 Å². The van der Waals surface area contributed by atoms with Gasteiger partial charge in [0.25, 0.3) is 0 Å². The van der Waals surface area contributed by atoms with Crippen molar-refractivity contribution in [2.45, 2.75) is 63.7 Å². The number of nitrogens with one attached hydrogen (secondary N) is 2. The third-order valence-electron chi connectivity index (χ3n) is 7.68. The molecule has 0 spiro atoms. The van der Waals surface area contributed by atoms with E-state index in [1.54, 1.807) is 13.8 Å². The molecular weight excluding hydrogens is 679 g/mol. The maximum atomic E-state index is 13.8. The summed E-state index contributed by atoms with van der Waals surface area (Å²) in [5.74, 6) is -1.60. The molecule has 49 heavy (non-hydrogen) atoms. The summed E-state index contributed by atoms with van der Waals surface area (Å²) in [6, 6.07) is 2.22. The molecular formula is C30H25F9N6O4. The molecule has 0 radical (unpaired) electrons. The summed E-state index contributed by atoms with van der Waals surface area (Å²) in [6.07, 6.45) is -15.0. The molecule has 1 aliphatic heterocycles. The smallest absolute Gasteiger partial charge is 0.439 e. The van der Waals surface area contributed by atoms with Crippen molar-refractivity contribution in [3.8, 4) is 11.4 Å². The maximum Gasteiger partial charge on any atom is 0.439 e. The lowest BCUT2D eigenvalue weighted by Crippen LogP contribution is -2.46. The van der Waals surface area contributed by atoms with Crippen LogP contribution in [0.4, 0.5) is 55.9 Å². The molecule has 0 saturated carbocycles. The fourth-order valence-electron chi connectivity index (χ4n) is 5.49. The van der Waals surface area contributed by atoms with E-state index < -0.39 is 71.1 Å². The van der Waals surface area contributed by atoms with E-state index in [1.807, 2.05) is 0 Å². The summed E-state index contributed by atoms with van der Waals surface area (Å²) in [5.41, 5.74) is -4.82. The summed E-state index contributed by atoms with van der Waals surface area (Å²) in [5, 5.41) is 6.42. The van der Waals surface area contributed by atoms with Gasteiger partial charge in [-0.1, -0.05) is 12.1 Å². The van der Waals surface area contributed by atoms with Gasteiger partial charge in [-0.05, 0) is 67.3 Å². The molecule has 2 aromatic carbocycles. The largest absolute Gasteiger partial charge is 0.449 e. The van der Waals surface area contributed by atoms with Crippen LogP contribution in [-0.4, -0.2) is 38.9 Å². The third kappa shape index (κ3) is 7.64.